The molecule has 0 saturated carbocycles. The molecule has 0 radical (unpaired) electrons. The molecule has 0 aliphatic carbocycles. The van der Waals surface area contributed by atoms with E-state index in [9.17, 15) is 18.0 Å². The van der Waals surface area contributed by atoms with Gasteiger partial charge in [-0.1, -0.05) is 11.6 Å². The Hall–Kier alpha value is -1.47. The summed E-state index contributed by atoms with van der Waals surface area (Å²) in [7, 11) is 0. The van der Waals surface area contributed by atoms with Crippen molar-refractivity contribution in [1.29, 1.82) is 0 Å². The molecule has 2 rings (SSSR count). The molecule has 8 heteroatoms. The summed E-state index contributed by atoms with van der Waals surface area (Å²) in [5, 5.41) is 3.52. The van der Waals surface area contributed by atoms with Gasteiger partial charge in [-0.25, -0.2) is 0 Å². The number of pyridine rings is 1. The highest BCUT2D eigenvalue weighted by Crippen LogP contribution is 2.29. The Morgan fingerprint density at radius 3 is 2.81 bits per heavy atom. The third-order valence-electron chi connectivity index (χ3n) is 2.61. The van der Waals surface area contributed by atoms with E-state index in [0.29, 0.717) is 15.9 Å². The highest BCUT2D eigenvalue weighted by molar-refractivity contribution is 8.00. The van der Waals surface area contributed by atoms with Crippen LogP contribution in [0.25, 0.3) is 10.9 Å². The number of alkyl halides is 3. The van der Waals surface area contributed by atoms with Gasteiger partial charge in [-0.3, -0.25) is 9.78 Å². The third-order valence-corrected chi connectivity index (χ3v) is 3.68. The second-order valence-electron chi connectivity index (χ2n) is 4.04. The summed E-state index contributed by atoms with van der Waals surface area (Å²) < 4.78 is 35.9. The lowest BCUT2D eigenvalue weighted by atomic mass is 10.1. The summed E-state index contributed by atoms with van der Waals surface area (Å²) in [6.07, 6.45) is 1.52. The number of rotatable bonds is 4. The Morgan fingerprint density at radius 2 is 2.10 bits per heavy atom. The van der Waals surface area contributed by atoms with Crippen LogP contribution in [0.2, 0.25) is 5.02 Å². The molecule has 112 valence electrons. The van der Waals surface area contributed by atoms with Gasteiger partial charge in [-0.2, -0.15) is 13.2 Å². The number of nitrogens with one attached hydrogen (secondary N) is 1. The number of carbonyl (C=O) groups excluding carboxylic acids is 1. The molecule has 0 unspecified atom stereocenters. The van der Waals surface area contributed by atoms with Crippen LogP contribution in [0.5, 0.6) is 0 Å². The molecule has 0 saturated heterocycles. The smallest absolute Gasteiger partial charge is 0.351 e. The van der Waals surface area contributed by atoms with Crippen LogP contribution >= 0.6 is 23.4 Å². The lowest BCUT2D eigenvalue weighted by molar-refractivity contribution is -0.0327. The lowest BCUT2D eigenvalue weighted by Crippen LogP contribution is -2.26. The van der Waals surface area contributed by atoms with E-state index in [1.807, 2.05) is 0 Å². The fourth-order valence-electron chi connectivity index (χ4n) is 1.75. The summed E-state index contributed by atoms with van der Waals surface area (Å²) in [6.45, 7) is -0.0834. The van der Waals surface area contributed by atoms with Crippen molar-refractivity contribution in [2.24, 2.45) is 0 Å². The van der Waals surface area contributed by atoms with Crippen molar-refractivity contribution in [3.8, 4) is 0 Å². The van der Waals surface area contributed by atoms with Crippen LogP contribution in [0.4, 0.5) is 13.2 Å². The second kappa shape index (κ2) is 6.53. The summed E-state index contributed by atoms with van der Waals surface area (Å²) >= 11 is 5.84. The zero-order valence-electron chi connectivity index (χ0n) is 10.6. The largest absolute Gasteiger partial charge is 0.441 e. The minimum Gasteiger partial charge on any atom is -0.351 e. The number of carbonyl (C=O) groups is 1. The highest BCUT2D eigenvalue weighted by atomic mass is 35.5. The molecule has 0 fully saturated rings. The molecule has 0 aliphatic rings. The molecule has 21 heavy (non-hydrogen) atoms. The average Bonchev–Trinajstić information content (AvgIpc) is 2.43. The van der Waals surface area contributed by atoms with Gasteiger partial charge >= 0.3 is 5.51 Å². The van der Waals surface area contributed by atoms with E-state index in [-0.39, 0.29) is 29.6 Å². The van der Waals surface area contributed by atoms with Crippen molar-refractivity contribution in [3.05, 3.63) is 41.0 Å². The molecule has 3 nitrogen and oxygen atoms in total. The van der Waals surface area contributed by atoms with Gasteiger partial charge in [-0.15, -0.1) is 0 Å². The van der Waals surface area contributed by atoms with Gasteiger partial charge in [-0.05, 0) is 36.0 Å². The van der Waals surface area contributed by atoms with Crippen molar-refractivity contribution in [3.63, 3.8) is 0 Å². The Morgan fingerprint density at radius 1 is 1.33 bits per heavy atom. The first kappa shape index (κ1) is 15.9. The number of hydrogen-bond acceptors (Lipinski definition) is 3. The molecule has 1 N–H and O–H groups in total. The Bertz CT molecular complexity index is 663. The summed E-state index contributed by atoms with van der Waals surface area (Å²) in [5.41, 5.74) is -3.59. The SMILES string of the molecule is O=C(NCCSC(F)(F)F)c1ccc(Cl)c2cccnc12. The topological polar surface area (TPSA) is 42.0 Å². The van der Waals surface area contributed by atoms with E-state index in [1.54, 1.807) is 18.2 Å². The monoisotopic (exact) mass is 334 g/mol. The van der Waals surface area contributed by atoms with Gasteiger partial charge in [0, 0.05) is 23.9 Å². The van der Waals surface area contributed by atoms with Crippen LogP contribution in [-0.2, 0) is 0 Å². The molecule has 1 heterocycles. The number of thioether (sulfide) groups is 1. The van der Waals surface area contributed by atoms with Crippen molar-refractivity contribution in [2.45, 2.75) is 5.51 Å². The predicted molar refractivity (Wildman–Crippen MR) is 77.6 cm³/mol. The highest BCUT2D eigenvalue weighted by Gasteiger charge is 2.27. The van der Waals surface area contributed by atoms with Crippen molar-refractivity contribution < 1.29 is 18.0 Å². The first-order valence-corrected chi connectivity index (χ1v) is 7.27. The van der Waals surface area contributed by atoms with Crippen LogP contribution in [0.15, 0.2) is 30.5 Å². The number of aromatic nitrogens is 1. The fourth-order valence-corrected chi connectivity index (χ4v) is 2.40. The maximum Gasteiger partial charge on any atom is 0.441 e. The molecule has 0 atom stereocenters. The van der Waals surface area contributed by atoms with Crippen LogP contribution in [0, 0.1) is 0 Å². The zero-order chi connectivity index (χ0) is 15.5. The van der Waals surface area contributed by atoms with Crippen molar-refractivity contribution in [2.75, 3.05) is 12.3 Å². The molecule has 2 aromatic rings. The van der Waals surface area contributed by atoms with Gasteiger partial charge in [0.15, 0.2) is 0 Å². The molecule has 1 aromatic heterocycles. The molecular formula is C13H10ClF3N2OS. The maximum atomic E-state index is 12.0. The van der Waals surface area contributed by atoms with Crippen molar-refractivity contribution >= 4 is 40.2 Å². The molecular weight excluding hydrogens is 325 g/mol. The average molecular weight is 335 g/mol. The number of nitrogens with zero attached hydrogens (tertiary/aromatic N) is 1. The number of hydrogen-bond donors (Lipinski definition) is 1. The Balaban J connectivity index is 2.08. The normalized spacial score (nSPS) is 11.6. The summed E-state index contributed by atoms with van der Waals surface area (Å²) in [6, 6.07) is 6.48. The minimum atomic E-state index is -4.29. The first-order chi connectivity index (χ1) is 9.88. The molecule has 1 aromatic carbocycles. The lowest BCUT2D eigenvalue weighted by Gasteiger charge is -2.09. The van der Waals surface area contributed by atoms with Crippen LogP contribution in [-0.4, -0.2) is 28.7 Å². The van der Waals surface area contributed by atoms with E-state index < -0.39 is 11.4 Å². The van der Waals surface area contributed by atoms with E-state index in [1.165, 1.54) is 12.3 Å². The van der Waals surface area contributed by atoms with Gasteiger partial charge < -0.3 is 5.32 Å². The number of halogens is 4. The standard InChI is InChI=1S/C13H10ClF3N2OS/c14-10-4-3-9(11-8(10)2-1-5-18-11)12(20)19-6-7-21-13(15,16)17/h1-5H,6-7H2,(H,19,20). The van der Waals surface area contributed by atoms with Gasteiger partial charge in [0.05, 0.1) is 16.1 Å². The summed E-state index contributed by atoms with van der Waals surface area (Å²) in [5.74, 6) is -0.716. The van der Waals surface area contributed by atoms with Crippen LogP contribution in [0.1, 0.15) is 10.4 Å². The van der Waals surface area contributed by atoms with E-state index >= 15 is 0 Å². The minimum absolute atomic E-state index is 0.0834. The third kappa shape index (κ3) is 4.25. The molecule has 0 bridgehead atoms. The van der Waals surface area contributed by atoms with Gasteiger partial charge in [0.2, 0.25) is 0 Å². The number of fused-ring (bicyclic) bond motifs is 1. The fraction of sp³-hybridized carbons (Fsp3) is 0.231. The molecule has 1 amide bonds. The predicted octanol–water partition coefficient (Wildman–Crippen LogP) is 3.87. The summed E-state index contributed by atoms with van der Waals surface area (Å²) in [4.78, 5) is 16.1. The Labute approximate surface area is 127 Å². The second-order valence-corrected chi connectivity index (χ2v) is 5.61. The quantitative estimate of drug-likeness (QED) is 0.863. The first-order valence-electron chi connectivity index (χ1n) is 5.90. The Kier molecular flexibility index (Phi) is 4.95. The van der Waals surface area contributed by atoms with Crippen molar-refractivity contribution in [1.82, 2.24) is 10.3 Å². The molecule has 0 aliphatic heterocycles. The zero-order valence-corrected chi connectivity index (χ0v) is 12.1. The number of benzene rings is 1. The van der Waals surface area contributed by atoms with E-state index in [2.05, 4.69) is 10.3 Å². The van der Waals surface area contributed by atoms with E-state index in [4.69, 9.17) is 11.6 Å². The van der Waals surface area contributed by atoms with Gasteiger partial charge in [0.1, 0.15) is 0 Å². The van der Waals surface area contributed by atoms with E-state index in [0.717, 1.165) is 0 Å². The number of amides is 1. The van der Waals surface area contributed by atoms with Crippen LogP contribution in [0.3, 0.4) is 0 Å². The van der Waals surface area contributed by atoms with Gasteiger partial charge in [0.25, 0.3) is 5.91 Å². The molecule has 0 spiro atoms. The maximum absolute atomic E-state index is 12.0. The van der Waals surface area contributed by atoms with Crippen LogP contribution < -0.4 is 5.32 Å².